The van der Waals surface area contributed by atoms with E-state index in [-0.39, 0.29) is 6.03 Å². The Labute approximate surface area is 166 Å². The van der Waals surface area contributed by atoms with Crippen LogP contribution in [-0.4, -0.2) is 61.3 Å². The lowest BCUT2D eigenvalue weighted by Crippen LogP contribution is -2.53. The number of rotatable bonds is 4. The smallest absolute Gasteiger partial charge is 0.321 e. The number of benzene rings is 2. The molecule has 28 heavy (non-hydrogen) atoms. The second-order valence-corrected chi connectivity index (χ2v) is 7.26. The van der Waals surface area contributed by atoms with Crippen LogP contribution in [0.2, 0.25) is 0 Å². The standard InChI is InChI=1S/C22H27N3O3/c26-22(25-12-4-5-19(17-25)24-13-15-27-16-14-24)23-18-8-10-21(11-9-18)28-20-6-2-1-3-7-20/h1-3,6-11,19H,4-5,12-17H2,(H,23,26). The van der Waals surface area contributed by atoms with Gasteiger partial charge in [-0.1, -0.05) is 18.2 Å². The molecule has 2 fully saturated rings. The second kappa shape index (κ2) is 9.08. The first-order valence-corrected chi connectivity index (χ1v) is 9.98. The Morgan fingerprint density at radius 1 is 0.964 bits per heavy atom. The van der Waals surface area contributed by atoms with Gasteiger partial charge in [-0.3, -0.25) is 4.90 Å². The predicted molar refractivity (Wildman–Crippen MR) is 109 cm³/mol. The molecule has 6 nitrogen and oxygen atoms in total. The van der Waals surface area contributed by atoms with Gasteiger partial charge >= 0.3 is 6.03 Å². The van der Waals surface area contributed by atoms with Crippen molar-refractivity contribution in [1.82, 2.24) is 9.80 Å². The Balaban J connectivity index is 1.31. The van der Waals surface area contributed by atoms with Crippen molar-refractivity contribution in [2.24, 2.45) is 0 Å². The highest BCUT2D eigenvalue weighted by Gasteiger charge is 2.28. The van der Waals surface area contributed by atoms with E-state index in [1.165, 1.54) is 0 Å². The number of carbonyl (C=O) groups is 1. The molecule has 0 aliphatic carbocycles. The van der Waals surface area contributed by atoms with Gasteiger partial charge in [-0.2, -0.15) is 0 Å². The molecule has 0 radical (unpaired) electrons. The molecule has 2 heterocycles. The van der Waals surface area contributed by atoms with Crippen LogP contribution >= 0.6 is 0 Å². The normalized spacial score (nSPS) is 20.6. The van der Waals surface area contributed by atoms with Crippen LogP contribution in [0, 0.1) is 0 Å². The minimum absolute atomic E-state index is 0.0327. The molecule has 2 amide bonds. The largest absolute Gasteiger partial charge is 0.457 e. The van der Waals surface area contributed by atoms with E-state index in [0.29, 0.717) is 6.04 Å². The highest BCUT2D eigenvalue weighted by Crippen LogP contribution is 2.23. The summed E-state index contributed by atoms with van der Waals surface area (Å²) in [6, 6.07) is 17.5. The number of morpholine rings is 1. The summed E-state index contributed by atoms with van der Waals surface area (Å²) in [6.07, 6.45) is 2.19. The summed E-state index contributed by atoms with van der Waals surface area (Å²) in [5, 5.41) is 3.01. The molecule has 1 N–H and O–H groups in total. The highest BCUT2D eigenvalue weighted by atomic mass is 16.5. The van der Waals surface area contributed by atoms with Crippen LogP contribution in [-0.2, 0) is 4.74 Å². The van der Waals surface area contributed by atoms with Crippen molar-refractivity contribution in [2.75, 3.05) is 44.7 Å². The number of nitrogens with one attached hydrogen (secondary N) is 1. The van der Waals surface area contributed by atoms with Gasteiger partial charge in [0.2, 0.25) is 0 Å². The van der Waals surface area contributed by atoms with Crippen LogP contribution in [0.5, 0.6) is 11.5 Å². The molecule has 0 aromatic heterocycles. The summed E-state index contributed by atoms with van der Waals surface area (Å²) in [5.41, 5.74) is 0.777. The van der Waals surface area contributed by atoms with Gasteiger partial charge < -0.3 is 19.7 Å². The number of anilines is 1. The van der Waals surface area contributed by atoms with Gasteiger partial charge in [0.1, 0.15) is 11.5 Å². The van der Waals surface area contributed by atoms with Crippen molar-refractivity contribution >= 4 is 11.7 Å². The van der Waals surface area contributed by atoms with Crippen LogP contribution in [0.3, 0.4) is 0 Å². The fraction of sp³-hybridized carbons (Fsp3) is 0.409. The summed E-state index contributed by atoms with van der Waals surface area (Å²) < 4.78 is 11.2. The zero-order valence-corrected chi connectivity index (χ0v) is 16.0. The second-order valence-electron chi connectivity index (χ2n) is 7.26. The number of likely N-dealkylation sites (tertiary alicyclic amines) is 1. The zero-order chi connectivity index (χ0) is 19.2. The third kappa shape index (κ3) is 4.82. The number of hydrogen-bond acceptors (Lipinski definition) is 4. The Morgan fingerprint density at radius 2 is 1.68 bits per heavy atom. The number of piperidine rings is 1. The number of nitrogens with zero attached hydrogens (tertiary/aromatic N) is 2. The van der Waals surface area contributed by atoms with E-state index in [9.17, 15) is 4.79 Å². The number of carbonyl (C=O) groups excluding carboxylic acids is 1. The van der Waals surface area contributed by atoms with Crippen molar-refractivity contribution < 1.29 is 14.3 Å². The molecule has 1 unspecified atom stereocenters. The first-order chi connectivity index (χ1) is 13.8. The predicted octanol–water partition coefficient (Wildman–Crippen LogP) is 3.81. The molecule has 6 heteroatoms. The molecule has 2 aromatic rings. The fourth-order valence-electron chi connectivity index (χ4n) is 3.81. The minimum atomic E-state index is -0.0327. The average Bonchev–Trinajstić information content (AvgIpc) is 2.76. The summed E-state index contributed by atoms with van der Waals surface area (Å²) in [4.78, 5) is 17.1. The van der Waals surface area contributed by atoms with Gasteiger partial charge in [0.15, 0.2) is 0 Å². The highest BCUT2D eigenvalue weighted by molar-refractivity contribution is 5.89. The van der Waals surface area contributed by atoms with E-state index in [1.54, 1.807) is 0 Å². The van der Waals surface area contributed by atoms with Gasteiger partial charge in [0, 0.05) is 37.9 Å². The molecule has 148 valence electrons. The third-order valence-electron chi connectivity index (χ3n) is 5.33. The van der Waals surface area contributed by atoms with E-state index >= 15 is 0 Å². The Hall–Kier alpha value is -2.57. The first kappa shape index (κ1) is 18.8. The number of para-hydroxylation sites is 1. The maximum Gasteiger partial charge on any atom is 0.321 e. The molecule has 2 aromatic carbocycles. The first-order valence-electron chi connectivity index (χ1n) is 9.98. The summed E-state index contributed by atoms with van der Waals surface area (Å²) in [5.74, 6) is 1.54. The molecule has 0 spiro atoms. The van der Waals surface area contributed by atoms with Gasteiger partial charge in [0.25, 0.3) is 0 Å². The lowest BCUT2D eigenvalue weighted by atomic mass is 10.0. The van der Waals surface area contributed by atoms with Gasteiger partial charge in [-0.15, -0.1) is 0 Å². The molecule has 0 bridgehead atoms. The fourth-order valence-corrected chi connectivity index (χ4v) is 3.81. The molecule has 1 atom stereocenters. The Bertz CT molecular complexity index is 760. The lowest BCUT2D eigenvalue weighted by Gasteiger charge is -2.40. The Morgan fingerprint density at radius 3 is 2.43 bits per heavy atom. The Kier molecular flexibility index (Phi) is 6.09. The van der Waals surface area contributed by atoms with Crippen molar-refractivity contribution in [3.05, 3.63) is 54.6 Å². The maximum atomic E-state index is 12.7. The van der Waals surface area contributed by atoms with Gasteiger partial charge in [-0.25, -0.2) is 4.79 Å². The number of ether oxygens (including phenoxy) is 2. The average molecular weight is 381 g/mol. The van der Waals surface area contributed by atoms with Crippen LogP contribution in [0.25, 0.3) is 0 Å². The number of hydrogen-bond donors (Lipinski definition) is 1. The van der Waals surface area contributed by atoms with Crippen LogP contribution in [0.4, 0.5) is 10.5 Å². The van der Waals surface area contributed by atoms with Crippen molar-refractivity contribution in [3.8, 4) is 11.5 Å². The number of urea groups is 1. The monoisotopic (exact) mass is 381 g/mol. The van der Waals surface area contributed by atoms with Crippen molar-refractivity contribution in [2.45, 2.75) is 18.9 Å². The molecule has 2 saturated heterocycles. The maximum absolute atomic E-state index is 12.7. The molecule has 2 aliphatic rings. The summed E-state index contributed by atoms with van der Waals surface area (Å²) in [7, 11) is 0. The van der Waals surface area contributed by atoms with E-state index in [0.717, 1.165) is 69.4 Å². The topological polar surface area (TPSA) is 54.0 Å². The molecular weight excluding hydrogens is 354 g/mol. The van der Waals surface area contributed by atoms with Crippen molar-refractivity contribution in [3.63, 3.8) is 0 Å². The van der Waals surface area contributed by atoms with Gasteiger partial charge in [0.05, 0.1) is 13.2 Å². The summed E-state index contributed by atoms with van der Waals surface area (Å²) >= 11 is 0. The zero-order valence-electron chi connectivity index (χ0n) is 16.0. The van der Waals surface area contributed by atoms with Crippen molar-refractivity contribution in [1.29, 1.82) is 0 Å². The van der Waals surface area contributed by atoms with E-state index in [1.807, 2.05) is 59.5 Å². The third-order valence-corrected chi connectivity index (χ3v) is 5.33. The molecule has 2 aliphatic heterocycles. The molecule has 0 saturated carbocycles. The van der Waals surface area contributed by atoms with Crippen LogP contribution in [0.1, 0.15) is 12.8 Å². The van der Waals surface area contributed by atoms with Crippen LogP contribution in [0.15, 0.2) is 54.6 Å². The number of amides is 2. The van der Waals surface area contributed by atoms with Crippen LogP contribution < -0.4 is 10.1 Å². The molecule has 4 rings (SSSR count). The SMILES string of the molecule is O=C(Nc1ccc(Oc2ccccc2)cc1)N1CCCC(N2CCOCC2)C1. The van der Waals surface area contributed by atoms with E-state index < -0.39 is 0 Å². The van der Waals surface area contributed by atoms with E-state index in [4.69, 9.17) is 9.47 Å². The summed E-state index contributed by atoms with van der Waals surface area (Å²) in [6.45, 7) is 5.09. The van der Waals surface area contributed by atoms with E-state index in [2.05, 4.69) is 10.2 Å². The minimum Gasteiger partial charge on any atom is -0.457 e. The molecular formula is C22H27N3O3. The quantitative estimate of drug-likeness (QED) is 0.875. The lowest BCUT2D eigenvalue weighted by molar-refractivity contribution is 0.00248. The van der Waals surface area contributed by atoms with Gasteiger partial charge in [-0.05, 0) is 49.2 Å².